The number of imide groups is 3. The number of hydrogen-bond acceptors (Lipinski definition) is 9. The Morgan fingerprint density at radius 1 is 0.561 bits per heavy atom. The molecule has 3 atom stereocenters. The summed E-state index contributed by atoms with van der Waals surface area (Å²) in [6.45, 7) is 16.6. The Bertz CT molecular complexity index is 2060. The van der Waals surface area contributed by atoms with Crippen LogP contribution < -0.4 is 16.0 Å². The van der Waals surface area contributed by atoms with Gasteiger partial charge in [0.15, 0.2) is 0 Å². The van der Waals surface area contributed by atoms with Crippen LogP contribution in [0.2, 0.25) is 0 Å². The Morgan fingerprint density at radius 2 is 0.970 bits per heavy atom. The third-order valence-corrected chi connectivity index (χ3v) is 8.43. The van der Waals surface area contributed by atoms with Gasteiger partial charge in [0.05, 0.1) is 0 Å². The number of piperidine rings is 3. The summed E-state index contributed by atoms with van der Waals surface area (Å²) < 4.78 is 40.0. The van der Waals surface area contributed by atoms with Crippen LogP contribution in [0.25, 0.3) is 16.0 Å². The normalized spacial score (nSPS) is 16.6. The van der Waals surface area contributed by atoms with E-state index in [1.165, 1.54) is 44.2 Å². The molecule has 0 radical (unpaired) electrons. The fourth-order valence-corrected chi connectivity index (χ4v) is 5.15. The maximum absolute atomic E-state index is 13.7. The van der Waals surface area contributed by atoms with Crippen molar-refractivity contribution in [2.24, 2.45) is 0 Å². The van der Waals surface area contributed by atoms with Gasteiger partial charge in [0.2, 0.25) is 35.4 Å². The fraction of sp³-hybridized carbons (Fsp3) is 0.400. The van der Waals surface area contributed by atoms with Crippen molar-refractivity contribution in [3.63, 3.8) is 0 Å². The van der Waals surface area contributed by atoms with Crippen LogP contribution in [0.4, 0.5) is 13.2 Å². The van der Waals surface area contributed by atoms with Crippen molar-refractivity contribution in [2.45, 2.75) is 119 Å². The molecule has 15 nitrogen and oxygen atoms in total. The first kappa shape index (κ1) is 65.6. The Morgan fingerprint density at radius 3 is 1.36 bits per heavy atom. The maximum atomic E-state index is 13.7. The van der Waals surface area contributed by atoms with Crippen molar-refractivity contribution in [3.05, 3.63) is 121 Å². The summed E-state index contributed by atoms with van der Waals surface area (Å²) in [7, 11) is 0. The SMILES string of the molecule is CC.CC.CC.Cc1cc(C(=O)[N-]C2CCC(=O)NC2=O)[c-]cc1F.Cc1cc[c-]c(C(=O)[N-]C2CCC(=O)NC2=O)c1F.Cc1ccc(C(=O)[N-]C2CCC(=O)NC2=O)[c-]c1F.[W+2].[W+2].[W+2]. The van der Waals surface area contributed by atoms with E-state index < -0.39 is 76.9 Å². The Balaban J connectivity index is -0.000000834. The largest absolute Gasteiger partial charge is 2.00 e. The minimum Gasteiger partial charge on any atom is -0.684 e. The van der Waals surface area contributed by atoms with Crippen LogP contribution in [-0.4, -0.2) is 71.3 Å². The minimum atomic E-state index is -0.946. The number of halogens is 3. The zero-order valence-electron chi connectivity index (χ0n) is 37.8. The van der Waals surface area contributed by atoms with Crippen LogP contribution in [-0.2, 0) is 92.0 Å². The van der Waals surface area contributed by atoms with Crippen LogP contribution in [0.1, 0.15) is 128 Å². The van der Waals surface area contributed by atoms with Crippen LogP contribution in [0, 0.1) is 56.4 Å². The molecule has 0 saturated carbocycles. The number of nitrogens with zero attached hydrogens (tertiary/aromatic N) is 3. The molecule has 21 heteroatoms. The number of carbonyl (C=O) groups excluding carboxylic acids is 9. The Kier molecular flexibility index (Phi) is 33.6. The quantitative estimate of drug-likeness (QED) is 0.173. The van der Waals surface area contributed by atoms with Gasteiger partial charge in [-0.25, -0.2) is 4.39 Å². The molecule has 3 unspecified atom stereocenters. The van der Waals surface area contributed by atoms with E-state index in [0.29, 0.717) is 16.7 Å². The average molecular weight is 1430 g/mol. The third kappa shape index (κ3) is 20.9. The topological polar surface area (TPSA) is 232 Å². The van der Waals surface area contributed by atoms with Gasteiger partial charge in [-0.05, 0) is 55.1 Å². The van der Waals surface area contributed by atoms with Crippen LogP contribution in [0.3, 0.4) is 0 Å². The molecule has 0 aliphatic carbocycles. The molecule has 3 fully saturated rings. The molecular weight excluding hydrogens is 1380 g/mol. The van der Waals surface area contributed by atoms with E-state index in [-0.39, 0.29) is 130 Å². The van der Waals surface area contributed by atoms with Gasteiger partial charge >= 0.3 is 63.2 Å². The summed E-state index contributed by atoms with van der Waals surface area (Å²) in [5.41, 5.74) is 0.764. The van der Waals surface area contributed by atoms with Gasteiger partial charge < -0.3 is 30.3 Å². The van der Waals surface area contributed by atoms with E-state index in [1.54, 1.807) is 6.92 Å². The second-order valence-electron chi connectivity index (χ2n) is 12.8. The van der Waals surface area contributed by atoms with Crippen LogP contribution in [0.15, 0.2) is 36.4 Å². The molecule has 0 aromatic heterocycles. The molecule has 0 spiro atoms. The van der Waals surface area contributed by atoms with Crippen molar-refractivity contribution in [1.29, 1.82) is 0 Å². The standard InChI is InChI=1S/3C13H12FN2O3.3C2H6.3W/c1-7-6-8(2-3-9(7)14)12(18)15-10-4-5-11(17)16-13(10)19;1-7-2-3-8(6-9(7)14)12(18)15-10-4-5-11(17)16-13(10)19;1-7-3-2-4-8(11(7)14)12(18)15-9-5-6-10(17)16-13(9)19;3*1-2;;;/h3,6,10H,4-5H2,1H3,(H2,15,16,17,18,19);2-3,10H,4-5H2,1H3,(H2,15,16,17,18,19);2-3,9H,5-6H2,1H3,(H2,15,16,17,18,19);3*1-2H3;;;/q3*-1;;;;3*+2/p-3. The molecule has 6 rings (SSSR count). The summed E-state index contributed by atoms with van der Waals surface area (Å²) in [6, 6.07) is 12.6. The van der Waals surface area contributed by atoms with E-state index in [9.17, 15) is 56.3 Å². The molecule has 9 amide bonds. The van der Waals surface area contributed by atoms with Gasteiger partial charge in [0.25, 0.3) is 0 Å². The summed E-state index contributed by atoms with van der Waals surface area (Å²) >= 11 is 0. The summed E-state index contributed by atoms with van der Waals surface area (Å²) in [5, 5.41) is 17.4. The molecule has 0 bridgehead atoms. The third-order valence-electron chi connectivity index (χ3n) is 8.43. The molecule has 3 N–H and O–H groups in total. The Hall–Kier alpha value is -4.66. The van der Waals surface area contributed by atoms with Gasteiger partial charge in [-0.15, -0.1) is 65.7 Å². The van der Waals surface area contributed by atoms with Crippen molar-refractivity contribution in [1.82, 2.24) is 16.0 Å². The predicted molar refractivity (Wildman–Crippen MR) is 226 cm³/mol. The fourth-order valence-electron chi connectivity index (χ4n) is 5.15. The maximum Gasteiger partial charge on any atom is 2.00 e. The van der Waals surface area contributed by atoms with Gasteiger partial charge in [-0.1, -0.05) is 84.6 Å². The monoisotopic (exact) mass is 1430 g/mol. The predicted octanol–water partition coefficient (Wildman–Crippen LogP) is 6.83. The molecule has 3 aliphatic heterocycles. The summed E-state index contributed by atoms with van der Waals surface area (Å²) in [5.74, 6) is -6.91. The number of nitrogens with one attached hydrogen (secondary N) is 3. The molecule has 354 valence electrons. The van der Waals surface area contributed by atoms with E-state index in [4.69, 9.17) is 0 Å². The van der Waals surface area contributed by atoms with Gasteiger partial charge in [0, 0.05) is 36.7 Å². The summed E-state index contributed by atoms with van der Waals surface area (Å²) in [6.07, 6.45) is 0.955. The molecular formula is C45H51F3N6O9W3. The van der Waals surface area contributed by atoms with Crippen molar-refractivity contribution < 1.29 is 120 Å². The van der Waals surface area contributed by atoms with Crippen LogP contribution in [0.5, 0.6) is 0 Å². The van der Waals surface area contributed by atoms with Crippen LogP contribution >= 0.6 is 0 Å². The number of aryl methyl sites for hydroxylation is 3. The second kappa shape index (κ2) is 33.8. The molecule has 3 aliphatic rings. The number of rotatable bonds is 6. The zero-order valence-corrected chi connectivity index (χ0v) is 46.6. The smallest absolute Gasteiger partial charge is 0.684 e. The number of amides is 9. The average Bonchev–Trinajstić information content (AvgIpc) is 3.26. The van der Waals surface area contributed by atoms with E-state index in [2.05, 4.69) is 50.1 Å². The zero-order chi connectivity index (χ0) is 48.0. The number of benzene rings is 3. The number of hydrogen-bond donors (Lipinski definition) is 3. The molecule has 3 aromatic carbocycles. The minimum absolute atomic E-state index is 0. The first-order valence-corrected chi connectivity index (χ1v) is 20.2. The van der Waals surface area contributed by atoms with E-state index in [0.717, 1.165) is 6.07 Å². The van der Waals surface area contributed by atoms with E-state index in [1.807, 2.05) is 41.5 Å². The molecule has 3 heterocycles. The second-order valence-corrected chi connectivity index (χ2v) is 12.8. The molecule has 3 aromatic rings. The Labute approximate surface area is 426 Å². The van der Waals surface area contributed by atoms with Crippen molar-refractivity contribution in [3.8, 4) is 0 Å². The van der Waals surface area contributed by atoms with E-state index >= 15 is 0 Å². The summed E-state index contributed by atoms with van der Waals surface area (Å²) in [4.78, 5) is 103. The van der Waals surface area contributed by atoms with Gasteiger partial charge in [0.1, 0.15) is 0 Å². The number of carbonyl (C=O) groups is 9. The molecule has 66 heavy (non-hydrogen) atoms. The van der Waals surface area contributed by atoms with Gasteiger partial charge in [-0.3, -0.25) is 53.5 Å². The first-order valence-electron chi connectivity index (χ1n) is 20.2. The molecule has 3 saturated heterocycles. The van der Waals surface area contributed by atoms with Gasteiger partial charge in [-0.2, -0.15) is 0 Å². The first-order chi connectivity index (χ1) is 29.9. The van der Waals surface area contributed by atoms with Crippen molar-refractivity contribution in [2.75, 3.05) is 0 Å². The van der Waals surface area contributed by atoms with Crippen molar-refractivity contribution >= 4 is 53.2 Å².